The van der Waals surface area contributed by atoms with Crippen LogP contribution in [0, 0.1) is 0 Å². The van der Waals surface area contributed by atoms with Gasteiger partial charge in [0.05, 0.1) is 13.3 Å². The highest BCUT2D eigenvalue weighted by atomic mass is 16.5. The molecule has 0 amide bonds. The lowest BCUT2D eigenvalue weighted by molar-refractivity contribution is 0.413. The molecule has 150 valence electrons. The van der Waals surface area contributed by atoms with Crippen LogP contribution < -0.4 is 10.5 Å². The Morgan fingerprint density at radius 2 is 1.87 bits per heavy atom. The number of ether oxygens (including phenoxy) is 1. The van der Waals surface area contributed by atoms with Crippen LogP contribution in [0.15, 0.2) is 77.2 Å². The Balaban J connectivity index is 1.72. The molecule has 30 heavy (non-hydrogen) atoms. The molecule has 1 aromatic carbocycles. The smallest absolute Gasteiger partial charge is 0.198 e. The fourth-order valence-electron chi connectivity index (χ4n) is 4.18. The maximum atomic E-state index is 6.38. The van der Waals surface area contributed by atoms with Gasteiger partial charge in [0.2, 0.25) is 0 Å². The van der Waals surface area contributed by atoms with Gasteiger partial charge in [-0.3, -0.25) is 19.9 Å². The summed E-state index contributed by atoms with van der Waals surface area (Å²) in [5.41, 5.74) is 9.57. The molecule has 0 aliphatic carbocycles. The molecule has 3 aromatic rings. The van der Waals surface area contributed by atoms with Crippen LogP contribution in [0.1, 0.15) is 17.5 Å². The minimum Gasteiger partial charge on any atom is -0.495 e. The van der Waals surface area contributed by atoms with Crippen molar-refractivity contribution in [3.8, 4) is 16.9 Å². The van der Waals surface area contributed by atoms with Crippen molar-refractivity contribution in [3.05, 3.63) is 78.4 Å². The maximum Gasteiger partial charge on any atom is 0.198 e. The van der Waals surface area contributed by atoms with E-state index in [1.165, 1.54) is 0 Å². The zero-order chi connectivity index (χ0) is 20.6. The first kappa shape index (κ1) is 18.3. The summed E-state index contributed by atoms with van der Waals surface area (Å²) < 4.78 is 5.35. The van der Waals surface area contributed by atoms with E-state index in [1.807, 2.05) is 35.4 Å². The number of guanidine groups is 1. The monoisotopic (exact) mass is 398 g/mol. The van der Waals surface area contributed by atoms with Gasteiger partial charge in [0.15, 0.2) is 11.5 Å². The van der Waals surface area contributed by atoms with Crippen LogP contribution in [-0.4, -0.2) is 46.9 Å². The average molecular weight is 398 g/mol. The van der Waals surface area contributed by atoms with E-state index in [9.17, 15) is 0 Å². The molecule has 2 aliphatic heterocycles. The number of aromatic nitrogens is 2. The molecule has 0 radical (unpaired) electrons. The van der Waals surface area contributed by atoms with Crippen molar-refractivity contribution in [1.82, 2.24) is 14.9 Å². The lowest BCUT2D eigenvalue weighted by Gasteiger charge is -2.33. The molecule has 1 unspecified atom stereocenters. The fourth-order valence-corrected chi connectivity index (χ4v) is 4.18. The summed E-state index contributed by atoms with van der Waals surface area (Å²) in [5, 5.41) is 0. The van der Waals surface area contributed by atoms with Gasteiger partial charge in [0.1, 0.15) is 11.6 Å². The summed E-state index contributed by atoms with van der Waals surface area (Å²) >= 11 is 0. The van der Waals surface area contributed by atoms with Crippen molar-refractivity contribution < 1.29 is 4.74 Å². The minimum atomic E-state index is -0.796. The number of aliphatic imine (C=N–C) groups is 2. The number of hydrogen-bond donors (Lipinski definition) is 1. The molecule has 0 saturated carbocycles. The first-order valence-electron chi connectivity index (χ1n) is 9.90. The third-order valence-electron chi connectivity index (χ3n) is 5.60. The Morgan fingerprint density at radius 3 is 2.70 bits per heavy atom. The normalized spacial score (nSPS) is 20.4. The van der Waals surface area contributed by atoms with Crippen LogP contribution in [0.4, 0.5) is 0 Å². The Morgan fingerprint density at radius 1 is 1.00 bits per heavy atom. The van der Waals surface area contributed by atoms with Crippen molar-refractivity contribution in [2.75, 3.05) is 20.2 Å². The summed E-state index contributed by atoms with van der Waals surface area (Å²) in [7, 11) is 1.64. The number of hydrogen-bond acceptors (Lipinski definition) is 7. The standard InChI is InChI=1S/C23H22N6O/c1-30-20-13-17(14-26-15-20)16-4-2-5-19(12-16)23(18-6-9-25-10-7-18)21-27-8-3-11-29(21)22(24)28-23/h2,4-7,9-10,12-15H,3,8,11H2,1H3,(H2,24,28). The van der Waals surface area contributed by atoms with Gasteiger partial charge >= 0.3 is 0 Å². The molecule has 0 fully saturated rings. The van der Waals surface area contributed by atoms with Gasteiger partial charge in [-0.25, -0.2) is 4.99 Å². The Kier molecular flexibility index (Phi) is 4.43. The molecular formula is C23H22N6O. The number of benzene rings is 1. The molecule has 1 atom stereocenters. The molecular weight excluding hydrogens is 376 g/mol. The Labute approximate surface area is 175 Å². The first-order valence-corrected chi connectivity index (χ1v) is 9.90. The molecule has 4 heterocycles. The quantitative estimate of drug-likeness (QED) is 0.730. The van der Waals surface area contributed by atoms with Gasteiger partial charge in [0.25, 0.3) is 0 Å². The second-order valence-electron chi connectivity index (χ2n) is 7.32. The van der Waals surface area contributed by atoms with Crippen LogP contribution in [0.3, 0.4) is 0 Å². The number of pyridine rings is 2. The topological polar surface area (TPSA) is 89.0 Å². The van der Waals surface area contributed by atoms with E-state index in [-0.39, 0.29) is 0 Å². The van der Waals surface area contributed by atoms with E-state index in [0.717, 1.165) is 47.6 Å². The van der Waals surface area contributed by atoms with Gasteiger partial charge in [-0.15, -0.1) is 0 Å². The molecule has 7 heteroatoms. The zero-order valence-electron chi connectivity index (χ0n) is 16.7. The largest absolute Gasteiger partial charge is 0.495 e. The number of methoxy groups -OCH3 is 1. The lowest BCUT2D eigenvalue weighted by Crippen LogP contribution is -2.46. The minimum absolute atomic E-state index is 0.499. The number of rotatable bonds is 4. The van der Waals surface area contributed by atoms with E-state index in [1.54, 1.807) is 25.7 Å². The van der Waals surface area contributed by atoms with Crippen LogP contribution in [0.5, 0.6) is 5.75 Å². The molecule has 0 bridgehead atoms. The highest BCUT2D eigenvalue weighted by Crippen LogP contribution is 2.42. The number of fused-ring (bicyclic) bond motifs is 1. The SMILES string of the molecule is COc1cncc(-c2cccc(C3(c4ccncc4)N=C(N)N4CCCN=C43)c2)c1. The van der Waals surface area contributed by atoms with Crippen LogP contribution in [0.2, 0.25) is 0 Å². The summed E-state index contributed by atoms with van der Waals surface area (Å²) in [4.78, 5) is 20.4. The van der Waals surface area contributed by atoms with E-state index in [2.05, 4.69) is 28.2 Å². The Hall–Kier alpha value is -3.74. The number of nitrogens with two attached hydrogens (primary N) is 1. The molecule has 5 rings (SSSR count). The van der Waals surface area contributed by atoms with Crippen LogP contribution >= 0.6 is 0 Å². The van der Waals surface area contributed by atoms with E-state index >= 15 is 0 Å². The van der Waals surface area contributed by atoms with Crippen molar-refractivity contribution in [2.45, 2.75) is 12.0 Å². The maximum absolute atomic E-state index is 6.38. The second kappa shape index (κ2) is 7.26. The second-order valence-corrected chi connectivity index (χ2v) is 7.32. The van der Waals surface area contributed by atoms with Crippen molar-refractivity contribution in [1.29, 1.82) is 0 Å². The Bertz CT molecular complexity index is 1140. The van der Waals surface area contributed by atoms with Gasteiger partial charge in [-0.05, 0) is 47.4 Å². The fraction of sp³-hybridized carbons (Fsp3) is 0.217. The van der Waals surface area contributed by atoms with Gasteiger partial charge in [-0.1, -0.05) is 18.2 Å². The molecule has 2 aromatic heterocycles. The van der Waals surface area contributed by atoms with Gasteiger partial charge < -0.3 is 10.5 Å². The highest BCUT2D eigenvalue weighted by Gasteiger charge is 2.49. The number of amidine groups is 1. The molecule has 7 nitrogen and oxygen atoms in total. The first-order chi connectivity index (χ1) is 14.7. The van der Waals surface area contributed by atoms with Crippen LogP contribution in [-0.2, 0) is 5.54 Å². The van der Waals surface area contributed by atoms with Gasteiger partial charge in [-0.2, -0.15) is 0 Å². The summed E-state index contributed by atoms with van der Waals surface area (Å²) in [6.45, 7) is 1.58. The molecule has 0 spiro atoms. The summed E-state index contributed by atoms with van der Waals surface area (Å²) in [6, 6.07) is 14.2. The van der Waals surface area contributed by atoms with E-state index in [0.29, 0.717) is 11.7 Å². The molecule has 0 saturated heterocycles. The molecule has 2 N–H and O–H groups in total. The zero-order valence-corrected chi connectivity index (χ0v) is 16.7. The third-order valence-corrected chi connectivity index (χ3v) is 5.60. The van der Waals surface area contributed by atoms with Crippen molar-refractivity contribution >= 4 is 11.8 Å². The van der Waals surface area contributed by atoms with Crippen LogP contribution in [0.25, 0.3) is 11.1 Å². The predicted molar refractivity (Wildman–Crippen MR) is 116 cm³/mol. The van der Waals surface area contributed by atoms with E-state index < -0.39 is 5.54 Å². The lowest BCUT2D eigenvalue weighted by atomic mass is 9.81. The van der Waals surface area contributed by atoms with Crippen molar-refractivity contribution in [3.63, 3.8) is 0 Å². The van der Waals surface area contributed by atoms with Crippen molar-refractivity contribution in [2.24, 2.45) is 15.7 Å². The number of nitrogens with zero attached hydrogens (tertiary/aromatic N) is 5. The summed E-state index contributed by atoms with van der Waals surface area (Å²) in [5.74, 6) is 2.09. The molecule has 2 aliphatic rings. The van der Waals surface area contributed by atoms with E-state index in [4.69, 9.17) is 20.5 Å². The van der Waals surface area contributed by atoms with Gasteiger partial charge in [0, 0.05) is 37.2 Å². The average Bonchev–Trinajstić information content (AvgIpc) is 3.13. The third kappa shape index (κ3) is 2.82. The predicted octanol–water partition coefficient (Wildman–Crippen LogP) is 2.83. The summed E-state index contributed by atoms with van der Waals surface area (Å²) in [6.07, 6.45) is 8.05. The highest BCUT2D eigenvalue weighted by molar-refractivity contribution is 6.12.